The molecule has 3 heteroatoms. The first kappa shape index (κ1) is 7.80. The maximum Gasteiger partial charge on any atom is 0.0921 e. The van der Waals surface area contributed by atoms with Crippen LogP contribution in [0.25, 0.3) is 0 Å². The van der Waals surface area contributed by atoms with E-state index in [0.29, 0.717) is 5.92 Å². The number of rotatable bonds is 1. The van der Waals surface area contributed by atoms with Crippen LogP contribution in [0.4, 0.5) is 0 Å². The molecule has 1 heterocycles. The summed E-state index contributed by atoms with van der Waals surface area (Å²) in [5.74, 6) is 0.593. The number of aromatic amines is 1. The fraction of sp³-hybridized carbons (Fsp3) is 0.667. The van der Waals surface area contributed by atoms with E-state index >= 15 is 0 Å². The Morgan fingerprint density at radius 2 is 2.08 bits per heavy atom. The lowest BCUT2D eigenvalue weighted by Crippen LogP contribution is -2.17. The van der Waals surface area contributed by atoms with Gasteiger partial charge in [0.15, 0.2) is 0 Å². The van der Waals surface area contributed by atoms with Gasteiger partial charge in [0.05, 0.1) is 12.4 Å². The highest BCUT2D eigenvalue weighted by Gasteiger charge is 2.21. The molecule has 1 aromatic heterocycles. The predicted octanol–water partition coefficient (Wildman–Crippen LogP) is 1.43. The van der Waals surface area contributed by atoms with E-state index in [9.17, 15) is 5.11 Å². The number of aliphatic hydroxyl groups is 1. The van der Waals surface area contributed by atoms with E-state index in [1.807, 2.05) is 6.20 Å². The number of hydrogen-bond acceptors (Lipinski definition) is 2. The second kappa shape index (κ2) is 3.27. The first-order valence-corrected chi connectivity index (χ1v) is 4.52. The minimum Gasteiger partial charge on any atom is -0.393 e. The van der Waals surface area contributed by atoms with Crippen LogP contribution in [0.1, 0.15) is 37.3 Å². The van der Waals surface area contributed by atoms with Gasteiger partial charge in [-0.1, -0.05) is 0 Å². The lowest BCUT2D eigenvalue weighted by Gasteiger charge is -2.24. The van der Waals surface area contributed by atoms with Gasteiger partial charge in [-0.25, -0.2) is 4.98 Å². The number of imidazole rings is 1. The number of hydrogen-bond donors (Lipinski definition) is 2. The number of aromatic nitrogens is 2. The molecule has 12 heavy (non-hydrogen) atoms. The van der Waals surface area contributed by atoms with E-state index in [1.54, 1.807) is 6.33 Å². The van der Waals surface area contributed by atoms with Crippen LogP contribution in [0.3, 0.4) is 0 Å². The van der Waals surface area contributed by atoms with Crippen LogP contribution in [0, 0.1) is 0 Å². The molecular formula is C9H14N2O. The van der Waals surface area contributed by atoms with Gasteiger partial charge in [0.1, 0.15) is 0 Å². The quantitative estimate of drug-likeness (QED) is 0.663. The summed E-state index contributed by atoms with van der Waals surface area (Å²) < 4.78 is 0. The summed E-state index contributed by atoms with van der Waals surface area (Å²) in [6, 6.07) is 0. The molecule has 0 amide bonds. The average molecular weight is 166 g/mol. The summed E-state index contributed by atoms with van der Waals surface area (Å²) in [6.45, 7) is 0. The highest BCUT2D eigenvalue weighted by Crippen LogP contribution is 2.31. The van der Waals surface area contributed by atoms with Crippen molar-refractivity contribution in [3.05, 3.63) is 18.2 Å². The smallest absolute Gasteiger partial charge is 0.0921 e. The summed E-state index contributed by atoms with van der Waals surface area (Å²) in [5, 5.41) is 9.30. The summed E-state index contributed by atoms with van der Waals surface area (Å²) in [5.41, 5.74) is 1.22. The number of H-pyrrole nitrogens is 1. The van der Waals surface area contributed by atoms with Crippen molar-refractivity contribution in [3.63, 3.8) is 0 Å². The molecule has 0 bridgehead atoms. The molecular weight excluding hydrogens is 152 g/mol. The van der Waals surface area contributed by atoms with Gasteiger partial charge < -0.3 is 10.1 Å². The Morgan fingerprint density at radius 1 is 1.33 bits per heavy atom. The predicted molar refractivity (Wildman–Crippen MR) is 45.8 cm³/mol. The van der Waals surface area contributed by atoms with Crippen LogP contribution < -0.4 is 0 Å². The number of aliphatic hydroxyl groups excluding tert-OH is 1. The Hall–Kier alpha value is -0.830. The van der Waals surface area contributed by atoms with Gasteiger partial charge in [0, 0.05) is 17.8 Å². The molecule has 1 saturated carbocycles. The maximum atomic E-state index is 9.30. The SMILES string of the molecule is OC1CCC(c2cnc[nH]2)CC1. The average Bonchev–Trinajstić information content (AvgIpc) is 2.58. The lowest BCUT2D eigenvalue weighted by atomic mass is 9.86. The lowest BCUT2D eigenvalue weighted by molar-refractivity contribution is 0.122. The zero-order valence-electron chi connectivity index (χ0n) is 7.03. The van der Waals surface area contributed by atoms with E-state index < -0.39 is 0 Å². The fourth-order valence-electron chi connectivity index (χ4n) is 1.88. The summed E-state index contributed by atoms with van der Waals surface area (Å²) in [7, 11) is 0. The summed E-state index contributed by atoms with van der Waals surface area (Å²) in [4.78, 5) is 7.13. The van der Waals surface area contributed by atoms with Crippen LogP contribution in [0.15, 0.2) is 12.5 Å². The van der Waals surface area contributed by atoms with Crippen molar-refractivity contribution in [1.82, 2.24) is 9.97 Å². The Kier molecular flexibility index (Phi) is 2.13. The zero-order chi connectivity index (χ0) is 8.39. The number of nitrogens with one attached hydrogen (secondary N) is 1. The molecule has 2 rings (SSSR count). The van der Waals surface area contributed by atoms with Gasteiger partial charge in [0.2, 0.25) is 0 Å². The standard InChI is InChI=1S/C9H14N2O/c12-8-3-1-7(2-4-8)9-5-10-6-11-9/h5-8,12H,1-4H2,(H,10,11). The molecule has 0 saturated heterocycles. The van der Waals surface area contributed by atoms with Crippen molar-refractivity contribution in [3.8, 4) is 0 Å². The molecule has 1 aliphatic rings. The summed E-state index contributed by atoms with van der Waals surface area (Å²) in [6.07, 6.45) is 7.59. The minimum atomic E-state index is -0.0656. The Balaban J connectivity index is 1.99. The van der Waals surface area contributed by atoms with Gasteiger partial charge in [-0.2, -0.15) is 0 Å². The van der Waals surface area contributed by atoms with Gasteiger partial charge in [-0.05, 0) is 25.7 Å². The monoisotopic (exact) mass is 166 g/mol. The zero-order valence-corrected chi connectivity index (χ0v) is 7.03. The number of nitrogens with zero attached hydrogens (tertiary/aromatic N) is 1. The van der Waals surface area contributed by atoms with Crippen LogP contribution in [-0.2, 0) is 0 Å². The second-order valence-electron chi connectivity index (χ2n) is 3.51. The molecule has 0 spiro atoms. The first-order chi connectivity index (χ1) is 5.86. The molecule has 1 aromatic rings. The van der Waals surface area contributed by atoms with Gasteiger partial charge in [0.25, 0.3) is 0 Å². The molecule has 0 unspecified atom stereocenters. The highest BCUT2D eigenvalue weighted by molar-refractivity contribution is 5.04. The van der Waals surface area contributed by atoms with Crippen molar-refractivity contribution in [2.24, 2.45) is 0 Å². The van der Waals surface area contributed by atoms with Crippen LogP contribution in [0.5, 0.6) is 0 Å². The van der Waals surface area contributed by atoms with E-state index in [2.05, 4.69) is 9.97 Å². The molecule has 2 N–H and O–H groups in total. The third kappa shape index (κ3) is 1.50. The van der Waals surface area contributed by atoms with Crippen molar-refractivity contribution in [2.75, 3.05) is 0 Å². The van der Waals surface area contributed by atoms with Crippen molar-refractivity contribution in [2.45, 2.75) is 37.7 Å². The molecule has 1 aliphatic carbocycles. The minimum absolute atomic E-state index is 0.0656. The van der Waals surface area contributed by atoms with Gasteiger partial charge >= 0.3 is 0 Å². The van der Waals surface area contributed by atoms with Crippen molar-refractivity contribution in [1.29, 1.82) is 0 Å². The van der Waals surface area contributed by atoms with Crippen LogP contribution >= 0.6 is 0 Å². The highest BCUT2D eigenvalue weighted by atomic mass is 16.3. The molecule has 3 nitrogen and oxygen atoms in total. The molecule has 0 radical (unpaired) electrons. The largest absolute Gasteiger partial charge is 0.393 e. The van der Waals surface area contributed by atoms with E-state index in [4.69, 9.17) is 0 Å². The normalized spacial score (nSPS) is 30.4. The third-order valence-electron chi connectivity index (χ3n) is 2.66. The Morgan fingerprint density at radius 3 is 2.67 bits per heavy atom. The molecule has 0 aromatic carbocycles. The summed E-state index contributed by atoms with van der Waals surface area (Å²) >= 11 is 0. The third-order valence-corrected chi connectivity index (χ3v) is 2.66. The van der Waals surface area contributed by atoms with E-state index in [-0.39, 0.29) is 6.10 Å². The van der Waals surface area contributed by atoms with E-state index in [0.717, 1.165) is 25.7 Å². The molecule has 1 fully saturated rings. The van der Waals surface area contributed by atoms with Crippen LogP contribution in [-0.4, -0.2) is 21.2 Å². The molecule has 0 aliphatic heterocycles. The molecule has 66 valence electrons. The maximum absolute atomic E-state index is 9.30. The van der Waals surface area contributed by atoms with Crippen LogP contribution in [0.2, 0.25) is 0 Å². The first-order valence-electron chi connectivity index (χ1n) is 4.52. The van der Waals surface area contributed by atoms with Gasteiger partial charge in [-0.15, -0.1) is 0 Å². The van der Waals surface area contributed by atoms with Gasteiger partial charge in [-0.3, -0.25) is 0 Å². The fourth-order valence-corrected chi connectivity index (χ4v) is 1.88. The van der Waals surface area contributed by atoms with Crippen molar-refractivity contribution < 1.29 is 5.11 Å². The van der Waals surface area contributed by atoms with Crippen molar-refractivity contribution >= 4 is 0 Å². The van der Waals surface area contributed by atoms with E-state index in [1.165, 1.54) is 5.69 Å². The molecule has 0 atom stereocenters. The Bertz CT molecular complexity index is 225. The Labute approximate surface area is 71.8 Å². The topological polar surface area (TPSA) is 48.9 Å². The second-order valence-corrected chi connectivity index (χ2v) is 3.51.